The number of aromatic nitrogens is 4. The summed E-state index contributed by atoms with van der Waals surface area (Å²) in [6.45, 7) is 5.75. The van der Waals surface area contributed by atoms with Gasteiger partial charge in [-0.25, -0.2) is 0 Å². The van der Waals surface area contributed by atoms with Crippen molar-refractivity contribution in [3.63, 3.8) is 0 Å². The molecule has 0 radical (unpaired) electrons. The van der Waals surface area contributed by atoms with Crippen LogP contribution >= 0.6 is 11.6 Å². The van der Waals surface area contributed by atoms with Crippen molar-refractivity contribution >= 4 is 28.9 Å². The molecule has 9 heteroatoms. The lowest BCUT2D eigenvalue weighted by Gasteiger charge is -2.14. The number of nitrogens with zero attached hydrogens (tertiary/aromatic N) is 4. The fraction of sp³-hybridized carbons (Fsp3) is 0.263. The maximum absolute atomic E-state index is 12.4. The van der Waals surface area contributed by atoms with E-state index in [1.165, 1.54) is 7.11 Å². The molecule has 0 aliphatic heterocycles. The molecule has 0 atom stereocenters. The fourth-order valence-corrected chi connectivity index (χ4v) is 2.86. The largest absolute Gasteiger partial charge is 0.495 e. The van der Waals surface area contributed by atoms with E-state index < -0.39 is 0 Å². The molecule has 1 heterocycles. The summed E-state index contributed by atoms with van der Waals surface area (Å²) >= 11 is 6.10. The summed E-state index contributed by atoms with van der Waals surface area (Å²) in [6, 6.07) is 9.21. The minimum Gasteiger partial charge on any atom is -0.495 e. The Morgan fingerprint density at radius 1 is 1.18 bits per heavy atom. The monoisotopic (exact) mass is 400 g/mol. The molecule has 0 unspecified atom stereocenters. The van der Waals surface area contributed by atoms with Gasteiger partial charge in [-0.2, -0.15) is 4.68 Å². The highest BCUT2D eigenvalue weighted by atomic mass is 35.5. The first kappa shape index (κ1) is 19.6. The summed E-state index contributed by atoms with van der Waals surface area (Å²) in [4.78, 5) is 12.4. The van der Waals surface area contributed by atoms with Crippen molar-refractivity contribution < 1.29 is 9.53 Å². The molecule has 3 aromatic rings. The van der Waals surface area contributed by atoms with Crippen molar-refractivity contribution in [2.45, 2.75) is 20.8 Å². The third-order valence-corrected chi connectivity index (χ3v) is 4.68. The number of methoxy groups -OCH3 is 1. The van der Waals surface area contributed by atoms with Crippen LogP contribution in [0.15, 0.2) is 30.3 Å². The number of hydrogen-bond donors (Lipinski definition) is 2. The second kappa shape index (κ2) is 8.26. The molecule has 0 fully saturated rings. The van der Waals surface area contributed by atoms with Crippen molar-refractivity contribution in [1.82, 2.24) is 20.2 Å². The number of hydrogen-bond acceptors (Lipinski definition) is 6. The molecular weight excluding hydrogens is 380 g/mol. The molecule has 8 nitrogen and oxygen atoms in total. The molecule has 1 amide bonds. The zero-order valence-corrected chi connectivity index (χ0v) is 16.8. The Morgan fingerprint density at radius 3 is 2.64 bits per heavy atom. The molecule has 0 saturated carbocycles. The molecular formula is C19H21ClN6O2. The molecule has 0 aliphatic carbocycles. The number of nitrogens with one attached hydrogen (secondary N) is 2. The van der Waals surface area contributed by atoms with Crippen LogP contribution in [-0.2, 0) is 4.79 Å². The number of amides is 1. The third kappa shape index (κ3) is 4.23. The van der Waals surface area contributed by atoms with Gasteiger partial charge in [0.25, 0.3) is 0 Å². The van der Waals surface area contributed by atoms with E-state index in [0.29, 0.717) is 22.3 Å². The zero-order chi connectivity index (χ0) is 20.3. The van der Waals surface area contributed by atoms with Gasteiger partial charge in [0.05, 0.1) is 25.0 Å². The molecule has 28 heavy (non-hydrogen) atoms. The number of halogens is 1. The second-order valence-corrected chi connectivity index (χ2v) is 6.75. The van der Waals surface area contributed by atoms with Gasteiger partial charge >= 0.3 is 0 Å². The van der Waals surface area contributed by atoms with Crippen molar-refractivity contribution in [3.8, 4) is 11.4 Å². The van der Waals surface area contributed by atoms with E-state index in [-0.39, 0.29) is 12.5 Å². The van der Waals surface area contributed by atoms with Crippen molar-refractivity contribution in [3.05, 3.63) is 52.3 Å². The molecule has 2 N–H and O–H groups in total. The molecule has 2 aromatic carbocycles. The molecule has 0 saturated heterocycles. The Labute approximate surface area is 167 Å². The number of carbonyl (C=O) groups is 1. The predicted molar refractivity (Wildman–Crippen MR) is 108 cm³/mol. The van der Waals surface area contributed by atoms with Crippen LogP contribution in [0.1, 0.15) is 17.0 Å². The van der Waals surface area contributed by atoms with Gasteiger partial charge in [-0.15, -0.1) is 5.10 Å². The van der Waals surface area contributed by atoms with Crippen LogP contribution in [-0.4, -0.2) is 39.8 Å². The summed E-state index contributed by atoms with van der Waals surface area (Å²) in [6.07, 6.45) is 0. The Balaban J connectivity index is 1.70. The van der Waals surface area contributed by atoms with Crippen molar-refractivity contribution in [2.24, 2.45) is 0 Å². The molecule has 0 bridgehead atoms. The van der Waals surface area contributed by atoms with E-state index >= 15 is 0 Å². The van der Waals surface area contributed by atoms with Crippen LogP contribution in [0.2, 0.25) is 5.02 Å². The second-order valence-electron chi connectivity index (χ2n) is 6.34. The van der Waals surface area contributed by atoms with Crippen molar-refractivity contribution in [1.29, 1.82) is 0 Å². The Kier molecular flexibility index (Phi) is 5.79. The van der Waals surface area contributed by atoms with Crippen LogP contribution in [0.5, 0.6) is 5.75 Å². The Morgan fingerprint density at radius 2 is 1.96 bits per heavy atom. The average molecular weight is 401 g/mol. The predicted octanol–water partition coefficient (Wildman–Crippen LogP) is 3.30. The highest BCUT2D eigenvalue weighted by Gasteiger charge is 2.12. The smallest absolute Gasteiger partial charge is 0.243 e. The van der Waals surface area contributed by atoms with E-state index in [0.717, 1.165) is 22.5 Å². The molecule has 0 aliphatic rings. The lowest BCUT2D eigenvalue weighted by molar-refractivity contribution is -0.114. The Hall–Kier alpha value is -3.13. The minimum absolute atomic E-state index is 0.0852. The summed E-state index contributed by atoms with van der Waals surface area (Å²) in [5, 5.41) is 18.1. The molecule has 146 valence electrons. The van der Waals surface area contributed by atoms with Gasteiger partial charge in [0.1, 0.15) is 5.75 Å². The van der Waals surface area contributed by atoms with Gasteiger partial charge in [-0.1, -0.05) is 17.7 Å². The van der Waals surface area contributed by atoms with Gasteiger partial charge in [0.2, 0.25) is 5.91 Å². The van der Waals surface area contributed by atoms with Gasteiger partial charge in [0, 0.05) is 16.8 Å². The number of rotatable bonds is 6. The molecule has 3 rings (SSSR count). The van der Waals surface area contributed by atoms with Crippen molar-refractivity contribution in [2.75, 3.05) is 24.3 Å². The maximum Gasteiger partial charge on any atom is 0.243 e. The van der Waals surface area contributed by atoms with Crippen LogP contribution in [0, 0.1) is 20.8 Å². The molecule has 1 aromatic heterocycles. The Bertz CT molecular complexity index is 1020. The van der Waals surface area contributed by atoms with E-state index in [2.05, 4.69) is 26.2 Å². The van der Waals surface area contributed by atoms with Gasteiger partial charge in [0.15, 0.2) is 5.82 Å². The van der Waals surface area contributed by atoms with Gasteiger partial charge in [-0.05, 0) is 60.5 Å². The fourth-order valence-electron chi connectivity index (χ4n) is 2.71. The van der Waals surface area contributed by atoms with E-state index in [1.54, 1.807) is 16.8 Å². The third-order valence-electron chi connectivity index (χ3n) is 4.27. The zero-order valence-electron chi connectivity index (χ0n) is 16.1. The quantitative estimate of drug-likeness (QED) is 0.659. The van der Waals surface area contributed by atoms with E-state index in [9.17, 15) is 4.79 Å². The highest BCUT2D eigenvalue weighted by Crippen LogP contribution is 2.30. The number of benzene rings is 2. The summed E-state index contributed by atoms with van der Waals surface area (Å²) in [5.74, 6) is 0.986. The lowest BCUT2D eigenvalue weighted by atomic mass is 10.1. The summed E-state index contributed by atoms with van der Waals surface area (Å²) < 4.78 is 6.94. The topological polar surface area (TPSA) is 94.0 Å². The van der Waals surface area contributed by atoms with Gasteiger partial charge < -0.3 is 15.4 Å². The summed E-state index contributed by atoms with van der Waals surface area (Å²) in [5.41, 5.74) is 4.08. The average Bonchev–Trinajstić information content (AvgIpc) is 3.09. The number of anilines is 2. The number of ether oxygens (including phenoxy) is 1. The minimum atomic E-state index is -0.208. The van der Waals surface area contributed by atoms with Crippen LogP contribution in [0.4, 0.5) is 11.4 Å². The number of aryl methyl sites for hydroxylation is 3. The SMILES string of the molecule is COc1cc(Cl)c(C)cc1NC(=O)CNc1ccc(C)c(-n2nnnc2C)c1. The normalized spacial score (nSPS) is 10.6. The maximum atomic E-state index is 12.4. The van der Waals surface area contributed by atoms with E-state index in [1.807, 2.05) is 39.0 Å². The standard InChI is InChI=1S/C19H21ClN6O2/c1-11-5-6-14(8-17(11)26-13(3)23-24-25-26)21-10-19(27)22-16-7-12(2)15(20)9-18(16)28-4/h5-9,21H,10H2,1-4H3,(H,22,27). The first-order valence-corrected chi connectivity index (χ1v) is 9.00. The highest BCUT2D eigenvalue weighted by molar-refractivity contribution is 6.31. The number of tetrazole rings is 1. The first-order valence-electron chi connectivity index (χ1n) is 8.63. The number of carbonyl (C=O) groups excluding carboxylic acids is 1. The van der Waals surface area contributed by atoms with Crippen LogP contribution in [0.25, 0.3) is 5.69 Å². The van der Waals surface area contributed by atoms with Crippen LogP contribution in [0.3, 0.4) is 0 Å². The van der Waals surface area contributed by atoms with Gasteiger partial charge in [-0.3, -0.25) is 4.79 Å². The first-order chi connectivity index (χ1) is 13.4. The molecule has 0 spiro atoms. The van der Waals surface area contributed by atoms with E-state index in [4.69, 9.17) is 16.3 Å². The summed E-state index contributed by atoms with van der Waals surface area (Å²) in [7, 11) is 1.53. The lowest BCUT2D eigenvalue weighted by Crippen LogP contribution is -2.22. The van der Waals surface area contributed by atoms with Crippen LogP contribution < -0.4 is 15.4 Å².